The van der Waals surface area contributed by atoms with E-state index in [0.29, 0.717) is 11.6 Å². The number of benzene rings is 2. The number of sulfonamides is 1. The smallest absolute Gasteiger partial charge is 0.417 e. The van der Waals surface area contributed by atoms with Crippen LogP contribution in [0.5, 0.6) is 5.75 Å². The Labute approximate surface area is 175 Å². The zero-order valence-electron chi connectivity index (χ0n) is 15.5. The standard InChI is InChI=1S/C18H17ClF4N2O4S/c1-29-16-5-2-11(8-15(16)20)10-24-17(26)6-7-25-30(27,28)12-3-4-14(19)13(9-12)18(21,22)23/h2-5,8-9,25H,6-7,10H2,1H3,(H,24,26). The molecule has 2 aromatic carbocycles. The van der Waals surface area contributed by atoms with E-state index in [2.05, 4.69) is 10.0 Å². The van der Waals surface area contributed by atoms with E-state index in [1.165, 1.54) is 19.2 Å². The Hall–Kier alpha value is -2.37. The van der Waals surface area contributed by atoms with E-state index in [0.717, 1.165) is 12.1 Å². The molecule has 0 radical (unpaired) electrons. The first-order chi connectivity index (χ1) is 13.9. The van der Waals surface area contributed by atoms with Gasteiger partial charge in [0.15, 0.2) is 11.6 Å². The summed E-state index contributed by atoms with van der Waals surface area (Å²) in [6.07, 6.45) is -5.10. The van der Waals surface area contributed by atoms with Gasteiger partial charge in [-0.2, -0.15) is 13.2 Å². The second kappa shape index (κ2) is 9.63. The number of hydrogen-bond acceptors (Lipinski definition) is 4. The average Bonchev–Trinajstić information content (AvgIpc) is 2.65. The van der Waals surface area contributed by atoms with Gasteiger partial charge in [0.25, 0.3) is 0 Å². The van der Waals surface area contributed by atoms with Crippen LogP contribution < -0.4 is 14.8 Å². The van der Waals surface area contributed by atoms with Crippen molar-refractivity contribution in [1.29, 1.82) is 0 Å². The zero-order valence-corrected chi connectivity index (χ0v) is 17.1. The highest BCUT2D eigenvalue weighted by molar-refractivity contribution is 7.89. The van der Waals surface area contributed by atoms with Gasteiger partial charge in [-0.1, -0.05) is 17.7 Å². The van der Waals surface area contributed by atoms with Crippen LogP contribution in [0.3, 0.4) is 0 Å². The van der Waals surface area contributed by atoms with Crippen molar-refractivity contribution >= 4 is 27.5 Å². The van der Waals surface area contributed by atoms with Crippen LogP contribution in [0, 0.1) is 5.82 Å². The molecule has 0 unspecified atom stereocenters. The lowest BCUT2D eigenvalue weighted by atomic mass is 10.2. The summed E-state index contributed by atoms with van der Waals surface area (Å²) < 4.78 is 83.4. The number of rotatable bonds is 8. The minimum absolute atomic E-state index is 0.00136. The molecule has 0 aliphatic heterocycles. The number of hydrogen-bond donors (Lipinski definition) is 2. The number of carbonyl (C=O) groups is 1. The van der Waals surface area contributed by atoms with E-state index in [1.54, 1.807) is 6.07 Å². The molecule has 164 valence electrons. The number of nitrogens with one attached hydrogen (secondary N) is 2. The Bertz CT molecular complexity index is 1030. The predicted octanol–water partition coefficient (Wildman–Crippen LogP) is 3.49. The van der Waals surface area contributed by atoms with Crippen LogP contribution in [-0.2, 0) is 27.5 Å². The quantitative estimate of drug-likeness (QED) is 0.581. The third-order valence-corrected chi connectivity index (χ3v) is 5.69. The van der Waals surface area contributed by atoms with Crippen molar-refractivity contribution in [3.63, 3.8) is 0 Å². The second-order valence-corrected chi connectivity index (χ2v) is 8.21. The maximum Gasteiger partial charge on any atom is 0.417 e. The normalized spacial score (nSPS) is 11.9. The minimum atomic E-state index is -4.82. The van der Waals surface area contributed by atoms with E-state index < -0.39 is 43.4 Å². The summed E-state index contributed by atoms with van der Waals surface area (Å²) in [4.78, 5) is 11.2. The highest BCUT2D eigenvalue weighted by Crippen LogP contribution is 2.35. The summed E-state index contributed by atoms with van der Waals surface area (Å²) in [6, 6.07) is 6.30. The summed E-state index contributed by atoms with van der Waals surface area (Å²) in [5.74, 6) is -1.09. The predicted molar refractivity (Wildman–Crippen MR) is 101 cm³/mol. The van der Waals surface area contributed by atoms with Gasteiger partial charge < -0.3 is 10.1 Å². The molecule has 0 aliphatic carbocycles. The molecule has 0 heterocycles. The highest BCUT2D eigenvalue weighted by Gasteiger charge is 2.34. The number of ether oxygens (including phenoxy) is 1. The Kier molecular flexibility index (Phi) is 7.67. The number of halogens is 5. The van der Waals surface area contributed by atoms with Crippen LogP contribution in [0.1, 0.15) is 17.5 Å². The van der Waals surface area contributed by atoms with Crippen molar-refractivity contribution in [3.8, 4) is 5.75 Å². The fourth-order valence-corrected chi connectivity index (χ4v) is 3.66. The molecule has 6 nitrogen and oxygen atoms in total. The van der Waals surface area contributed by atoms with Crippen LogP contribution in [0.25, 0.3) is 0 Å². The molecule has 0 fully saturated rings. The van der Waals surface area contributed by atoms with Crippen LogP contribution in [0.4, 0.5) is 17.6 Å². The molecule has 0 aromatic heterocycles. The molecule has 30 heavy (non-hydrogen) atoms. The van der Waals surface area contributed by atoms with E-state index in [-0.39, 0.29) is 25.3 Å². The van der Waals surface area contributed by atoms with Gasteiger partial charge in [0.2, 0.25) is 15.9 Å². The van der Waals surface area contributed by atoms with Crippen molar-refractivity contribution < 1.29 is 35.5 Å². The van der Waals surface area contributed by atoms with Crippen molar-refractivity contribution in [1.82, 2.24) is 10.0 Å². The first kappa shape index (κ1) is 23.9. The van der Waals surface area contributed by atoms with E-state index >= 15 is 0 Å². The average molecular weight is 469 g/mol. The molecule has 1 amide bonds. The second-order valence-electron chi connectivity index (χ2n) is 6.03. The molecule has 0 bridgehead atoms. The number of amides is 1. The van der Waals surface area contributed by atoms with Gasteiger partial charge in [0.05, 0.1) is 22.6 Å². The van der Waals surface area contributed by atoms with Crippen LogP contribution >= 0.6 is 11.6 Å². The van der Waals surface area contributed by atoms with Crippen molar-refractivity contribution in [3.05, 3.63) is 58.4 Å². The van der Waals surface area contributed by atoms with E-state index in [9.17, 15) is 30.8 Å². The monoisotopic (exact) mass is 468 g/mol. The Morgan fingerprint density at radius 3 is 2.47 bits per heavy atom. The molecule has 2 rings (SSSR count). The zero-order chi connectivity index (χ0) is 22.5. The summed E-state index contributed by atoms with van der Waals surface area (Å²) >= 11 is 5.47. The maximum atomic E-state index is 13.6. The lowest BCUT2D eigenvalue weighted by Crippen LogP contribution is -2.30. The number of carbonyl (C=O) groups excluding carboxylic acids is 1. The Morgan fingerprint density at radius 2 is 1.87 bits per heavy atom. The van der Waals surface area contributed by atoms with Gasteiger partial charge in [0.1, 0.15) is 0 Å². The summed E-state index contributed by atoms with van der Waals surface area (Å²) in [6.45, 7) is -0.353. The van der Waals surface area contributed by atoms with Gasteiger partial charge >= 0.3 is 6.18 Å². The third kappa shape index (κ3) is 6.31. The van der Waals surface area contributed by atoms with Crippen LogP contribution in [0.15, 0.2) is 41.3 Å². The molecular formula is C18H17ClF4N2O4S. The minimum Gasteiger partial charge on any atom is -0.494 e. The van der Waals surface area contributed by atoms with Crippen LogP contribution in [-0.4, -0.2) is 28.0 Å². The largest absolute Gasteiger partial charge is 0.494 e. The molecule has 2 N–H and O–H groups in total. The van der Waals surface area contributed by atoms with Gasteiger partial charge in [-0.3, -0.25) is 4.79 Å². The molecular weight excluding hydrogens is 452 g/mol. The third-order valence-electron chi connectivity index (χ3n) is 3.90. The topological polar surface area (TPSA) is 84.5 Å². The SMILES string of the molecule is COc1ccc(CNC(=O)CCNS(=O)(=O)c2ccc(Cl)c(C(F)(F)F)c2)cc1F. The Balaban J connectivity index is 1.91. The lowest BCUT2D eigenvalue weighted by Gasteiger charge is -2.12. The van der Waals surface area contributed by atoms with Crippen molar-refractivity contribution in [2.75, 3.05) is 13.7 Å². The van der Waals surface area contributed by atoms with Gasteiger partial charge in [-0.15, -0.1) is 0 Å². The van der Waals surface area contributed by atoms with E-state index in [1.807, 2.05) is 0 Å². The number of methoxy groups -OCH3 is 1. The summed E-state index contributed by atoms with van der Waals surface area (Å²) in [5.41, 5.74) is -0.820. The molecule has 12 heteroatoms. The van der Waals surface area contributed by atoms with Gasteiger partial charge in [-0.25, -0.2) is 17.5 Å². The summed E-state index contributed by atoms with van der Waals surface area (Å²) in [7, 11) is -2.97. The maximum absolute atomic E-state index is 13.6. The Morgan fingerprint density at radius 1 is 1.17 bits per heavy atom. The lowest BCUT2D eigenvalue weighted by molar-refractivity contribution is -0.137. The summed E-state index contributed by atoms with van der Waals surface area (Å²) in [5, 5.41) is 1.85. The number of alkyl halides is 3. The van der Waals surface area contributed by atoms with Crippen LogP contribution in [0.2, 0.25) is 5.02 Å². The highest BCUT2D eigenvalue weighted by atomic mass is 35.5. The molecule has 0 saturated carbocycles. The first-order valence-electron chi connectivity index (χ1n) is 8.39. The van der Waals surface area contributed by atoms with Gasteiger partial charge in [0, 0.05) is 19.5 Å². The molecule has 0 spiro atoms. The van der Waals surface area contributed by atoms with Gasteiger partial charge in [-0.05, 0) is 35.9 Å². The van der Waals surface area contributed by atoms with E-state index in [4.69, 9.17) is 16.3 Å². The molecule has 0 saturated heterocycles. The van der Waals surface area contributed by atoms with Crippen molar-refractivity contribution in [2.45, 2.75) is 24.0 Å². The van der Waals surface area contributed by atoms with Crippen molar-refractivity contribution in [2.24, 2.45) is 0 Å². The fourth-order valence-electron chi connectivity index (χ4n) is 2.38. The fraction of sp³-hybridized carbons (Fsp3) is 0.278. The molecule has 0 atom stereocenters. The molecule has 0 aliphatic rings. The molecule has 2 aromatic rings. The first-order valence-corrected chi connectivity index (χ1v) is 10.3.